The second-order valence-electron chi connectivity index (χ2n) is 14.8. The fourth-order valence-corrected chi connectivity index (χ4v) is 9.85. The number of rotatable bonds is 8. The number of ketones is 2. The number of aliphatic hydroxyl groups excluding tert-OH is 1. The number of hydrogen-bond donors (Lipinski definition) is 2. The van der Waals surface area contributed by atoms with Crippen LogP contribution in [0.1, 0.15) is 99.8 Å². The van der Waals surface area contributed by atoms with E-state index in [1.54, 1.807) is 19.8 Å². The minimum Gasteiger partial charge on any atom is -0.387 e. The third-order valence-corrected chi connectivity index (χ3v) is 12.4. The zero-order valence-electron chi connectivity index (χ0n) is 25.2. The Morgan fingerprint density at radius 3 is 2.29 bits per heavy atom. The fourth-order valence-electron chi connectivity index (χ4n) is 9.85. The van der Waals surface area contributed by atoms with E-state index in [0.29, 0.717) is 24.0 Å². The largest absolute Gasteiger partial charge is 0.387 e. The Hall–Kier alpha value is -1.08. The minimum atomic E-state index is -1.50. The van der Waals surface area contributed by atoms with Crippen LogP contribution in [-0.4, -0.2) is 54.0 Å². The van der Waals surface area contributed by atoms with Crippen LogP contribution in [0.2, 0.25) is 0 Å². The van der Waals surface area contributed by atoms with Crippen molar-refractivity contribution in [3.8, 4) is 0 Å². The van der Waals surface area contributed by atoms with Gasteiger partial charge in [-0.25, -0.2) is 0 Å². The molecule has 8 atom stereocenters. The van der Waals surface area contributed by atoms with Gasteiger partial charge in [0.05, 0.1) is 5.60 Å². The summed E-state index contributed by atoms with van der Waals surface area (Å²) in [4.78, 5) is 26.1. The molecule has 2 N–H and O–H groups in total. The summed E-state index contributed by atoms with van der Waals surface area (Å²) in [6.07, 6.45) is 7.32. The maximum atomic E-state index is 13.2. The second kappa shape index (κ2) is 9.78. The van der Waals surface area contributed by atoms with Crippen LogP contribution in [0.15, 0.2) is 11.6 Å². The van der Waals surface area contributed by atoms with Crippen LogP contribution in [0.4, 0.5) is 0 Å². The number of aliphatic hydroxyl groups is 2. The van der Waals surface area contributed by atoms with Crippen LogP contribution in [0, 0.1) is 45.3 Å². The Morgan fingerprint density at radius 1 is 1.08 bits per heavy atom. The molecule has 0 aromatic heterocycles. The number of methoxy groups -OCH3 is 2. The van der Waals surface area contributed by atoms with E-state index >= 15 is 0 Å². The molecule has 0 spiro atoms. The number of allylic oxidation sites excluding steroid dienone is 2. The molecule has 4 aliphatic carbocycles. The summed E-state index contributed by atoms with van der Waals surface area (Å²) in [6.45, 7) is 14.5. The van der Waals surface area contributed by atoms with Gasteiger partial charge in [0.25, 0.3) is 0 Å². The first kappa shape index (κ1) is 29.9. The normalized spacial score (nSPS) is 40.2. The van der Waals surface area contributed by atoms with Gasteiger partial charge in [0.1, 0.15) is 11.9 Å². The smallest absolute Gasteiger partial charge is 0.164 e. The Morgan fingerprint density at radius 2 is 1.71 bits per heavy atom. The Bertz CT molecular complexity index is 973. The van der Waals surface area contributed by atoms with Crippen molar-refractivity contribution >= 4 is 11.6 Å². The lowest BCUT2D eigenvalue weighted by atomic mass is 9.41. The van der Waals surface area contributed by atoms with Crippen LogP contribution in [0.25, 0.3) is 0 Å². The van der Waals surface area contributed by atoms with Crippen molar-refractivity contribution in [3.05, 3.63) is 11.6 Å². The zero-order chi connectivity index (χ0) is 28.5. The van der Waals surface area contributed by atoms with E-state index in [-0.39, 0.29) is 45.7 Å². The summed E-state index contributed by atoms with van der Waals surface area (Å²) in [7, 11) is 3.23. The number of carbonyl (C=O) groups excluding carboxylic acids is 2. The third-order valence-electron chi connectivity index (χ3n) is 12.4. The highest BCUT2D eigenvalue weighted by molar-refractivity contribution is 5.85. The molecule has 3 fully saturated rings. The lowest BCUT2D eigenvalue weighted by molar-refractivity contribution is -0.175. The average Bonchev–Trinajstić information content (AvgIpc) is 3.12. The molecule has 0 aromatic rings. The number of Topliss-reactive ketones (excluding diaryl/α,β-unsaturated/α-hetero) is 2. The van der Waals surface area contributed by atoms with Gasteiger partial charge in [-0.3, -0.25) is 9.59 Å². The van der Waals surface area contributed by atoms with E-state index in [9.17, 15) is 19.8 Å². The van der Waals surface area contributed by atoms with Crippen LogP contribution in [0.3, 0.4) is 0 Å². The van der Waals surface area contributed by atoms with E-state index in [4.69, 9.17) is 9.47 Å². The van der Waals surface area contributed by atoms with E-state index in [1.807, 2.05) is 0 Å². The number of ether oxygens (including phenoxy) is 2. The first-order valence-electron chi connectivity index (χ1n) is 14.7. The lowest BCUT2D eigenvalue weighted by Gasteiger charge is -2.63. The molecule has 1 unspecified atom stereocenters. The van der Waals surface area contributed by atoms with Crippen molar-refractivity contribution in [2.75, 3.05) is 14.2 Å². The van der Waals surface area contributed by atoms with Crippen LogP contribution in [-0.2, 0) is 19.1 Å². The molecule has 0 aliphatic heterocycles. The SMILES string of the molecule is COC(OC)C(CC(=O)[C@@H](O)C(C)(C)O)[C@@H]1CC[C@]2(C)C3=CC[C@H]4C(C)(C)C(=O)CC[C@]4(C)[C@H]3CC[C@@]12C. The summed E-state index contributed by atoms with van der Waals surface area (Å²) >= 11 is 0. The monoisotopic (exact) mass is 532 g/mol. The molecule has 4 aliphatic rings. The summed E-state index contributed by atoms with van der Waals surface area (Å²) in [5, 5.41) is 20.9. The van der Waals surface area contributed by atoms with Crippen LogP contribution in [0.5, 0.6) is 0 Å². The highest BCUT2D eigenvalue weighted by Crippen LogP contribution is 2.73. The quantitative estimate of drug-likeness (QED) is 0.317. The summed E-state index contributed by atoms with van der Waals surface area (Å²) < 4.78 is 11.5. The summed E-state index contributed by atoms with van der Waals surface area (Å²) in [5.41, 5.74) is -0.160. The van der Waals surface area contributed by atoms with Crippen molar-refractivity contribution in [1.29, 1.82) is 0 Å². The van der Waals surface area contributed by atoms with E-state index in [1.165, 1.54) is 13.8 Å². The molecule has 4 rings (SSSR count). The van der Waals surface area contributed by atoms with Gasteiger partial charge in [-0.05, 0) is 86.4 Å². The number of fused-ring (bicyclic) bond motifs is 5. The van der Waals surface area contributed by atoms with Gasteiger partial charge in [0.2, 0.25) is 0 Å². The maximum Gasteiger partial charge on any atom is 0.164 e. The third kappa shape index (κ3) is 4.28. The molecule has 6 heteroatoms. The first-order valence-corrected chi connectivity index (χ1v) is 14.7. The molecular formula is C32H52O6. The topological polar surface area (TPSA) is 93.1 Å². The second-order valence-corrected chi connectivity index (χ2v) is 14.8. The molecule has 0 aromatic carbocycles. The van der Waals surface area contributed by atoms with E-state index in [0.717, 1.165) is 38.5 Å². The van der Waals surface area contributed by atoms with Gasteiger partial charge < -0.3 is 19.7 Å². The minimum absolute atomic E-state index is 0.0115. The Labute approximate surface area is 229 Å². The average molecular weight is 533 g/mol. The van der Waals surface area contributed by atoms with Crippen molar-refractivity contribution in [3.63, 3.8) is 0 Å². The Kier molecular flexibility index (Phi) is 7.69. The van der Waals surface area contributed by atoms with Crippen LogP contribution < -0.4 is 0 Å². The zero-order valence-corrected chi connectivity index (χ0v) is 25.2. The molecular weight excluding hydrogens is 480 g/mol. The van der Waals surface area contributed by atoms with Crippen molar-refractivity contribution in [2.45, 2.75) is 118 Å². The van der Waals surface area contributed by atoms with Gasteiger partial charge >= 0.3 is 0 Å². The predicted molar refractivity (Wildman–Crippen MR) is 147 cm³/mol. The molecule has 0 bridgehead atoms. The summed E-state index contributed by atoms with van der Waals surface area (Å²) in [6, 6.07) is 0. The lowest BCUT2D eigenvalue weighted by Crippen LogP contribution is -2.57. The van der Waals surface area contributed by atoms with Crippen LogP contribution >= 0.6 is 0 Å². The maximum absolute atomic E-state index is 13.2. The molecule has 6 nitrogen and oxygen atoms in total. The van der Waals surface area contributed by atoms with Gasteiger partial charge in [-0.15, -0.1) is 0 Å². The number of hydrogen-bond acceptors (Lipinski definition) is 6. The molecule has 0 radical (unpaired) electrons. The van der Waals surface area contributed by atoms with Gasteiger partial charge in [0, 0.05) is 38.4 Å². The molecule has 216 valence electrons. The van der Waals surface area contributed by atoms with Crippen molar-refractivity contribution in [1.82, 2.24) is 0 Å². The first-order chi connectivity index (χ1) is 17.5. The van der Waals surface area contributed by atoms with Gasteiger partial charge in [-0.2, -0.15) is 0 Å². The highest BCUT2D eigenvalue weighted by atomic mass is 16.7. The summed E-state index contributed by atoms with van der Waals surface area (Å²) in [5.74, 6) is 0.839. The fraction of sp³-hybridized carbons (Fsp3) is 0.875. The molecule has 3 saturated carbocycles. The number of carbonyl (C=O) groups is 2. The standard InChI is InChI=1S/C32H52O6/c1-28(2)24-11-10-22-21(30(24,5)15-14-25(28)34)13-17-31(6)20(12-16-32(22,31)7)19(27(37-8)38-9)18-23(33)26(35)29(3,4)36/h10,19-21,24,26-27,35-36H,11-18H2,1-9H3/t19?,20-,21-,24-,26+,30+,31-,32+/m0/s1. The Balaban J connectivity index is 1.69. The highest BCUT2D eigenvalue weighted by Gasteiger charge is 2.66. The molecule has 0 amide bonds. The van der Waals surface area contributed by atoms with Crippen molar-refractivity contribution < 1.29 is 29.3 Å². The predicted octanol–water partition coefficient (Wildman–Crippen LogP) is 5.49. The van der Waals surface area contributed by atoms with E-state index in [2.05, 4.69) is 40.7 Å². The van der Waals surface area contributed by atoms with E-state index < -0.39 is 18.0 Å². The molecule has 0 saturated heterocycles. The van der Waals surface area contributed by atoms with Crippen molar-refractivity contribution in [2.24, 2.45) is 45.3 Å². The van der Waals surface area contributed by atoms with Gasteiger partial charge in [0.15, 0.2) is 12.1 Å². The molecule has 0 heterocycles. The van der Waals surface area contributed by atoms with Gasteiger partial charge in [-0.1, -0.05) is 46.3 Å². The molecule has 38 heavy (non-hydrogen) atoms.